The monoisotopic (exact) mass is 364 g/mol. The summed E-state index contributed by atoms with van der Waals surface area (Å²) in [5.74, 6) is -4.02. The van der Waals surface area contributed by atoms with Crippen LogP contribution >= 0.6 is 11.6 Å². The second-order valence-electron chi connectivity index (χ2n) is 5.19. The van der Waals surface area contributed by atoms with Crippen molar-refractivity contribution in [2.24, 2.45) is 0 Å². The highest BCUT2D eigenvalue weighted by Crippen LogP contribution is 2.25. The normalized spacial score (nSPS) is 10.7. The van der Waals surface area contributed by atoms with Crippen LogP contribution in [0.5, 0.6) is 5.75 Å². The second kappa shape index (κ2) is 6.48. The number of anilines is 1. The molecule has 0 aliphatic heterocycles. The molecule has 1 heterocycles. The van der Waals surface area contributed by atoms with Crippen molar-refractivity contribution in [3.8, 4) is 11.4 Å². The molecule has 0 saturated heterocycles. The summed E-state index contributed by atoms with van der Waals surface area (Å²) in [7, 11) is 0. The molecular weight excluding hydrogens is 354 g/mol. The number of phenolic OH excluding ortho intramolecular Hbond substituents is 1. The minimum atomic E-state index is -1.21. The van der Waals surface area contributed by atoms with Crippen LogP contribution in [0.3, 0.4) is 0 Å². The highest BCUT2D eigenvalue weighted by molar-refractivity contribution is 6.31. The Hall–Kier alpha value is -3.00. The van der Waals surface area contributed by atoms with Gasteiger partial charge in [-0.3, -0.25) is 4.79 Å². The van der Waals surface area contributed by atoms with Gasteiger partial charge in [0.15, 0.2) is 23.1 Å². The van der Waals surface area contributed by atoms with Gasteiger partial charge in [0.1, 0.15) is 5.69 Å². The molecule has 25 heavy (non-hydrogen) atoms. The van der Waals surface area contributed by atoms with Crippen molar-refractivity contribution < 1.29 is 18.7 Å². The number of hydrogen-bond donors (Lipinski definition) is 2. The lowest BCUT2D eigenvalue weighted by Crippen LogP contribution is -2.13. The van der Waals surface area contributed by atoms with Crippen molar-refractivity contribution in [3.63, 3.8) is 0 Å². The molecule has 9 heteroatoms. The van der Waals surface area contributed by atoms with E-state index < -0.39 is 23.3 Å². The summed E-state index contributed by atoms with van der Waals surface area (Å²) < 4.78 is 27.9. The third-order valence-corrected chi connectivity index (χ3v) is 3.70. The van der Waals surface area contributed by atoms with Crippen LogP contribution < -0.4 is 5.32 Å². The zero-order valence-corrected chi connectivity index (χ0v) is 13.6. The minimum absolute atomic E-state index is 0.0948. The third kappa shape index (κ3) is 3.29. The molecule has 0 spiro atoms. The molecule has 0 radical (unpaired) electrons. The zero-order chi connectivity index (χ0) is 18.1. The van der Waals surface area contributed by atoms with E-state index in [-0.39, 0.29) is 11.4 Å². The Morgan fingerprint density at radius 2 is 2.04 bits per heavy atom. The van der Waals surface area contributed by atoms with Crippen LogP contribution in [0.15, 0.2) is 36.5 Å². The molecule has 0 aliphatic rings. The smallest absolute Gasteiger partial charge is 0.277 e. The van der Waals surface area contributed by atoms with E-state index in [4.69, 9.17) is 11.6 Å². The topological polar surface area (TPSA) is 80.0 Å². The summed E-state index contributed by atoms with van der Waals surface area (Å²) >= 11 is 5.90. The van der Waals surface area contributed by atoms with Crippen molar-refractivity contribution in [2.45, 2.75) is 6.92 Å². The first-order valence-corrected chi connectivity index (χ1v) is 7.42. The highest BCUT2D eigenvalue weighted by atomic mass is 35.5. The molecule has 6 nitrogen and oxygen atoms in total. The summed E-state index contributed by atoms with van der Waals surface area (Å²) in [4.78, 5) is 12.3. The summed E-state index contributed by atoms with van der Waals surface area (Å²) in [6, 6.07) is 6.96. The molecule has 2 N–H and O–H groups in total. The maximum absolute atomic E-state index is 13.9. The predicted octanol–water partition coefficient (Wildman–Crippen LogP) is 3.47. The van der Waals surface area contributed by atoms with Gasteiger partial charge in [-0.1, -0.05) is 22.9 Å². The van der Waals surface area contributed by atoms with Gasteiger partial charge in [-0.25, -0.2) is 13.5 Å². The van der Waals surface area contributed by atoms with Crippen LogP contribution in [0, 0.1) is 18.6 Å². The Morgan fingerprint density at radius 1 is 1.28 bits per heavy atom. The first-order chi connectivity index (χ1) is 11.9. The number of hydrogen-bond acceptors (Lipinski definition) is 4. The molecule has 1 amide bonds. The Morgan fingerprint density at radius 3 is 2.80 bits per heavy atom. The van der Waals surface area contributed by atoms with Gasteiger partial charge in [0.05, 0.1) is 6.20 Å². The molecule has 0 saturated carbocycles. The number of aromatic nitrogens is 3. The standard InChI is InChI=1S/C16H11ClF2N4O2/c1-8-2-3-9(17)6-11(8)20-16(25)12-7-23(22-21-12)13-5-4-10(18)15(24)14(13)19/h2-7,24H,1H3,(H,20,25). The molecule has 0 atom stereocenters. The molecule has 2 aromatic carbocycles. The fourth-order valence-corrected chi connectivity index (χ4v) is 2.28. The first-order valence-electron chi connectivity index (χ1n) is 7.04. The number of aromatic hydroxyl groups is 1. The number of nitrogens with one attached hydrogen (secondary N) is 1. The van der Waals surface area contributed by atoms with Crippen molar-refractivity contribution in [3.05, 3.63) is 64.4 Å². The molecule has 3 rings (SSSR count). The van der Waals surface area contributed by atoms with E-state index in [1.165, 1.54) is 0 Å². The van der Waals surface area contributed by atoms with E-state index in [0.29, 0.717) is 10.7 Å². The molecule has 3 aromatic rings. The average molecular weight is 365 g/mol. The third-order valence-electron chi connectivity index (χ3n) is 3.47. The van der Waals surface area contributed by atoms with Gasteiger partial charge < -0.3 is 10.4 Å². The Kier molecular flexibility index (Phi) is 4.37. The van der Waals surface area contributed by atoms with Crippen LogP contribution in [0.25, 0.3) is 5.69 Å². The van der Waals surface area contributed by atoms with Gasteiger partial charge >= 0.3 is 0 Å². The summed E-state index contributed by atoms with van der Waals surface area (Å²) in [6.07, 6.45) is 1.16. The molecule has 0 aliphatic carbocycles. The van der Waals surface area contributed by atoms with Gasteiger partial charge in [0.25, 0.3) is 5.91 Å². The summed E-state index contributed by atoms with van der Waals surface area (Å²) in [5.41, 5.74) is 0.948. The van der Waals surface area contributed by atoms with E-state index in [1.54, 1.807) is 25.1 Å². The quantitative estimate of drug-likeness (QED) is 0.745. The van der Waals surface area contributed by atoms with Crippen LogP contribution in [-0.4, -0.2) is 26.0 Å². The van der Waals surface area contributed by atoms with Gasteiger partial charge in [-0.2, -0.15) is 0 Å². The number of rotatable bonds is 3. The van der Waals surface area contributed by atoms with Crippen LogP contribution in [0.4, 0.5) is 14.5 Å². The maximum Gasteiger partial charge on any atom is 0.277 e. The fraction of sp³-hybridized carbons (Fsp3) is 0.0625. The van der Waals surface area contributed by atoms with E-state index in [1.807, 2.05) is 0 Å². The molecule has 0 fully saturated rings. The maximum atomic E-state index is 13.9. The summed E-state index contributed by atoms with van der Waals surface area (Å²) in [6.45, 7) is 1.79. The minimum Gasteiger partial charge on any atom is -0.503 e. The van der Waals surface area contributed by atoms with Crippen molar-refractivity contribution in [2.75, 3.05) is 5.32 Å². The molecular formula is C16H11ClF2N4O2. The van der Waals surface area contributed by atoms with E-state index in [9.17, 15) is 18.7 Å². The number of carbonyl (C=O) groups is 1. The first kappa shape index (κ1) is 16.8. The van der Waals surface area contributed by atoms with Crippen LogP contribution in [0.2, 0.25) is 5.02 Å². The van der Waals surface area contributed by atoms with Crippen molar-refractivity contribution in [1.82, 2.24) is 15.0 Å². The van der Waals surface area contributed by atoms with E-state index >= 15 is 0 Å². The average Bonchev–Trinajstić information content (AvgIpc) is 3.06. The van der Waals surface area contributed by atoms with Crippen LogP contribution in [-0.2, 0) is 0 Å². The molecule has 128 valence electrons. The number of benzene rings is 2. The second-order valence-corrected chi connectivity index (χ2v) is 5.63. The van der Waals surface area contributed by atoms with E-state index in [0.717, 1.165) is 28.6 Å². The predicted molar refractivity (Wildman–Crippen MR) is 87.1 cm³/mol. The van der Waals surface area contributed by atoms with Gasteiger partial charge in [0, 0.05) is 10.7 Å². The number of aryl methyl sites for hydroxylation is 1. The number of phenols is 1. The number of carbonyl (C=O) groups excluding carboxylic acids is 1. The Balaban J connectivity index is 1.87. The highest BCUT2D eigenvalue weighted by Gasteiger charge is 2.18. The number of nitrogens with zero attached hydrogens (tertiary/aromatic N) is 3. The Bertz CT molecular complexity index is 975. The largest absolute Gasteiger partial charge is 0.503 e. The lowest BCUT2D eigenvalue weighted by atomic mass is 10.2. The molecule has 1 aromatic heterocycles. The SMILES string of the molecule is Cc1ccc(Cl)cc1NC(=O)c1cn(-c2ccc(F)c(O)c2F)nn1. The lowest BCUT2D eigenvalue weighted by Gasteiger charge is -2.07. The summed E-state index contributed by atoms with van der Waals surface area (Å²) in [5, 5.41) is 19.7. The lowest BCUT2D eigenvalue weighted by molar-refractivity contribution is 0.102. The number of amides is 1. The van der Waals surface area contributed by atoms with Crippen molar-refractivity contribution >= 4 is 23.2 Å². The molecule has 0 unspecified atom stereocenters. The van der Waals surface area contributed by atoms with Crippen LogP contribution in [0.1, 0.15) is 16.1 Å². The van der Waals surface area contributed by atoms with Crippen molar-refractivity contribution in [1.29, 1.82) is 0 Å². The van der Waals surface area contributed by atoms with Gasteiger partial charge in [-0.15, -0.1) is 5.10 Å². The van der Waals surface area contributed by atoms with Gasteiger partial charge in [-0.05, 0) is 36.8 Å². The zero-order valence-electron chi connectivity index (χ0n) is 12.8. The number of halogens is 3. The van der Waals surface area contributed by atoms with E-state index in [2.05, 4.69) is 15.6 Å². The molecule has 0 bridgehead atoms. The van der Waals surface area contributed by atoms with Gasteiger partial charge in [0.2, 0.25) is 0 Å². The fourth-order valence-electron chi connectivity index (χ4n) is 2.11. The Labute approximate surface area is 145 Å².